The van der Waals surface area contributed by atoms with E-state index in [2.05, 4.69) is 29.4 Å². The van der Waals surface area contributed by atoms with Crippen molar-refractivity contribution >= 4 is 5.91 Å². The second-order valence-corrected chi connectivity index (χ2v) is 5.69. The van der Waals surface area contributed by atoms with Crippen LogP contribution in [0.25, 0.3) is 0 Å². The molecule has 0 aromatic carbocycles. The maximum Gasteiger partial charge on any atom is 0.234 e. The van der Waals surface area contributed by atoms with E-state index in [9.17, 15) is 4.79 Å². The lowest BCUT2D eigenvalue weighted by Crippen LogP contribution is -2.42. The van der Waals surface area contributed by atoms with Gasteiger partial charge in [-0.25, -0.2) is 0 Å². The van der Waals surface area contributed by atoms with E-state index in [0.29, 0.717) is 12.6 Å². The SMILES string of the molecule is CCCCNC(=O)CN1CC2CNCC2C1CC. The Labute approximate surface area is 110 Å². The van der Waals surface area contributed by atoms with Crippen molar-refractivity contribution in [3.8, 4) is 0 Å². The zero-order valence-corrected chi connectivity index (χ0v) is 11.7. The van der Waals surface area contributed by atoms with E-state index in [0.717, 1.165) is 57.3 Å². The summed E-state index contributed by atoms with van der Waals surface area (Å²) in [4.78, 5) is 14.3. The predicted octanol–water partition coefficient (Wildman–Crippen LogP) is 0.833. The topological polar surface area (TPSA) is 44.4 Å². The lowest BCUT2D eigenvalue weighted by atomic mass is 9.93. The zero-order valence-electron chi connectivity index (χ0n) is 11.7. The maximum absolute atomic E-state index is 11.9. The molecule has 2 rings (SSSR count). The fourth-order valence-corrected chi connectivity index (χ4v) is 3.50. The number of amides is 1. The van der Waals surface area contributed by atoms with Gasteiger partial charge in [-0.2, -0.15) is 0 Å². The number of hydrogen-bond donors (Lipinski definition) is 2. The standard InChI is InChI=1S/C14H27N3O/c1-3-5-6-16-14(18)10-17-9-11-7-15-8-12(11)13(17)4-2/h11-13,15H,3-10H2,1-2H3,(H,16,18). The Hall–Kier alpha value is -0.610. The quantitative estimate of drug-likeness (QED) is 0.689. The van der Waals surface area contributed by atoms with Crippen LogP contribution >= 0.6 is 0 Å². The first-order valence-electron chi connectivity index (χ1n) is 7.47. The molecule has 2 fully saturated rings. The monoisotopic (exact) mass is 253 g/mol. The van der Waals surface area contributed by atoms with E-state index in [-0.39, 0.29) is 5.91 Å². The Bertz CT molecular complexity index is 282. The molecule has 2 saturated heterocycles. The molecule has 104 valence electrons. The average Bonchev–Trinajstić information content (AvgIpc) is 2.89. The van der Waals surface area contributed by atoms with E-state index in [1.165, 1.54) is 0 Å². The highest BCUT2D eigenvalue weighted by Crippen LogP contribution is 2.33. The largest absolute Gasteiger partial charge is 0.355 e. The average molecular weight is 253 g/mol. The van der Waals surface area contributed by atoms with Crippen LogP contribution in [0.15, 0.2) is 0 Å². The lowest BCUT2D eigenvalue weighted by molar-refractivity contribution is -0.122. The van der Waals surface area contributed by atoms with Gasteiger partial charge in [0.2, 0.25) is 5.91 Å². The first-order valence-corrected chi connectivity index (χ1v) is 7.47. The Morgan fingerprint density at radius 3 is 2.94 bits per heavy atom. The maximum atomic E-state index is 11.9. The summed E-state index contributed by atoms with van der Waals surface area (Å²) < 4.78 is 0. The lowest BCUT2D eigenvalue weighted by Gasteiger charge is -2.26. The van der Waals surface area contributed by atoms with Gasteiger partial charge in [0.05, 0.1) is 6.54 Å². The van der Waals surface area contributed by atoms with Crippen molar-refractivity contribution in [3.05, 3.63) is 0 Å². The summed E-state index contributed by atoms with van der Waals surface area (Å²) in [5, 5.41) is 6.50. The van der Waals surface area contributed by atoms with Gasteiger partial charge >= 0.3 is 0 Å². The summed E-state index contributed by atoms with van der Waals surface area (Å²) in [5.41, 5.74) is 0. The number of likely N-dealkylation sites (tertiary alicyclic amines) is 1. The van der Waals surface area contributed by atoms with Gasteiger partial charge in [0.1, 0.15) is 0 Å². The predicted molar refractivity (Wildman–Crippen MR) is 73.4 cm³/mol. The van der Waals surface area contributed by atoms with E-state index in [4.69, 9.17) is 0 Å². The highest BCUT2D eigenvalue weighted by molar-refractivity contribution is 5.78. The third-order valence-electron chi connectivity index (χ3n) is 4.44. The minimum atomic E-state index is 0.204. The number of nitrogens with one attached hydrogen (secondary N) is 2. The highest BCUT2D eigenvalue weighted by atomic mass is 16.2. The first-order chi connectivity index (χ1) is 8.76. The van der Waals surface area contributed by atoms with E-state index in [1.807, 2.05) is 0 Å². The van der Waals surface area contributed by atoms with Gasteiger partial charge in [-0.05, 0) is 37.8 Å². The molecule has 2 aliphatic heterocycles. The van der Waals surface area contributed by atoms with Crippen LogP contribution in [-0.4, -0.2) is 49.6 Å². The molecule has 4 heteroatoms. The van der Waals surface area contributed by atoms with Crippen LogP contribution in [0, 0.1) is 11.8 Å². The van der Waals surface area contributed by atoms with Crippen molar-refractivity contribution in [2.45, 2.75) is 39.2 Å². The van der Waals surface area contributed by atoms with E-state index >= 15 is 0 Å². The second kappa shape index (κ2) is 6.53. The molecule has 0 saturated carbocycles. The molecule has 0 spiro atoms. The molecule has 18 heavy (non-hydrogen) atoms. The molecule has 1 amide bonds. The fraction of sp³-hybridized carbons (Fsp3) is 0.929. The van der Waals surface area contributed by atoms with Crippen molar-refractivity contribution in [2.24, 2.45) is 11.8 Å². The molecule has 2 N–H and O–H groups in total. The van der Waals surface area contributed by atoms with Gasteiger partial charge in [0.25, 0.3) is 0 Å². The molecule has 4 nitrogen and oxygen atoms in total. The summed E-state index contributed by atoms with van der Waals surface area (Å²) in [6.07, 6.45) is 3.38. The van der Waals surface area contributed by atoms with Gasteiger partial charge in [0, 0.05) is 19.1 Å². The second-order valence-electron chi connectivity index (χ2n) is 5.69. The number of nitrogens with zero attached hydrogens (tertiary/aromatic N) is 1. The van der Waals surface area contributed by atoms with E-state index < -0.39 is 0 Å². The van der Waals surface area contributed by atoms with Crippen LogP contribution in [0.4, 0.5) is 0 Å². The minimum Gasteiger partial charge on any atom is -0.355 e. The summed E-state index contributed by atoms with van der Waals surface area (Å²) in [6, 6.07) is 0.599. The number of unbranched alkanes of at least 4 members (excludes halogenated alkanes) is 1. The Kier molecular flexibility index (Phi) is 5.01. The molecule has 0 aliphatic carbocycles. The summed E-state index contributed by atoms with van der Waals surface area (Å²) >= 11 is 0. The normalized spacial score (nSPS) is 31.6. The third kappa shape index (κ3) is 3.04. The highest BCUT2D eigenvalue weighted by Gasteiger charge is 2.43. The molecule has 0 aromatic heterocycles. The van der Waals surface area contributed by atoms with Gasteiger partial charge in [-0.1, -0.05) is 20.3 Å². The molecule has 2 heterocycles. The Morgan fingerprint density at radius 1 is 1.39 bits per heavy atom. The van der Waals surface area contributed by atoms with Crippen LogP contribution < -0.4 is 10.6 Å². The molecule has 3 unspecified atom stereocenters. The van der Waals surface area contributed by atoms with Crippen LogP contribution in [0.5, 0.6) is 0 Å². The van der Waals surface area contributed by atoms with Gasteiger partial charge in [-0.3, -0.25) is 9.69 Å². The number of carbonyl (C=O) groups excluding carboxylic acids is 1. The fourth-order valence-electron chi connectivity index (χ4n) is 3.50. The molecule has 0 aromatic rings. The first kappa shape index (κ1) is 13.8. The minimum absolute atomic E-state index is 0.204. The van der Waals surface area contributed by atoms with Gasteiger partial charge in [-0.15, -0.1) is 0 Å². The summed E-state index contributed by atoms with van der Waals surface area (Å²) in [7, 11) is 0. The van der Waals surface area contributed by atoms with Crippen molar-refractivity contribution < 1.29 is 4.79 Å². The Morgan fingerprint density at radius 2 is 2.22 bits per heavy atom. The number of carbonyl (C=O) groups is 1. The molecule has 0 radical (unpaired) electrons. The van der Waals surface area contributed by atoms with Crippen molar-refractivity contribution in [1.29, 1.82) is 0 Å². The molecule has 2 aliphatic rings. The number of fused-ring (bicyclic) bond motifs is 1. The van der Waals surface area contributed by atoms with Gasteiger partial charge in [0.15, 0.2) is 0 Å². The van der Waals surface area contributed by atoms with Gasteiger partial charge < -0.3 is 10.6 Å². The van der Waals surface area contributed by atoms with Crippen molar-refractivity contribution in [1.82, 2.24) is 15.5 Å². The summed E-state index contributed by atoms with van der Waals surface area (Å²) in [6.45, 7) is 9.18. The zero-order chi connectivity index (χ0) is 13.0. The molecule has 0 bridgehead atoms. The van der Waals surface area contributed by atoms with Crippen LogP contribution in [0.2, 0.25) is 0 Å². The van der Waals surface area contributed by atoms with Crippen LogP contribution in [0.1, 0.15) is 33.1 Å². The Balaban J connectivity index is 1.80. The van der Waals surface area contributed by atoms with Crippen LogP contribution in [-0.2, 0) is 4.79 Å². The third-order valence-corrected chi connectivity index (χ3v) is 4.44. The number of hydrogen-bond acceptors (Lipinski definition) is 3. The molecular formula is C14H27N3O. The van der Waals surface area contributed by atoms with E-state index in [1.54, 1.807) is 0 Å². The molecule has 3 atom stereocenters. The molecular weight excluding hydrogens is 226 g/mol. The van der Waals surface area contributed by atoms with Crippen molar-refractivity contribution in [3.63, 3.8) is 0 Å². The summed E-state index contributed by atoms with van der Waals surface area (Å²) in [5.74, 6) is 1.73. The number of rotatable bonds is 6. The van der Waals surface area contributed by atoms with Crippen LogP contribution in [0.3, 0.4) is 0 Å². The van der Waals surface area contributed by atoms with Crippen molar-refractivity contribution in [2.75, 3.05) is 32.7 Å². The smallest absolute Gasteiger partial charge is 0.234 e.